The third-order valence-electron chi connectivity index (χ3n) is 3.53. The maximum absolute atomic E-state index is 12.5. The molecular formula is C13H25N3O4S. The lowest BCUT2D eigenvalue weighted by molar-refractivity contribution is -0.137. The largest absolute Gasteiger partial charge is 0.344 e. The summed E-state index contributed by atoms with van der Waals surface area (Å²) in [7, 11) is -3.23. The summed E-state index contributed by atoms with van der Waals surface area (Å²) in [6, 6.07) is -0.563. The molecule has 1 fully saturated rings. The zero-order chi connectivity index (χ0) is 16.2. The van der Waals surface area contributed by atoms with E-state index < -0.39 is 16.1 Å². The Hall–Kier alpha value is -1.15. The molecule has 0 aliphatic carbocycles. The monoisotopic (exact) mass is 319 g/mol. The van der Waals surface area contributed by atoms with Crippen LogP contribution < -0.4 is 5.32 Å². The number of sulfonamides is 1. The first-order chi connectivity index (χ1) is 9.62. The van der Waals surface area contributed by atoms with E-state index in [2.05, 4.69) is 5.32 Å². The Labute approximate surface area is 126 Å². The van der Waals surface area contributed by atoms with Crippen molar-refractivity contribution in [3.63, 3.8) is 0 Å². The number of amides is 2. The van der Waals surface area contributed by atoms with Gasteiger partial charge < -0.3 is 10.2 Å². The average Bonchev–Trinajstić information content (AvgIpc) is 2.59. The molecule has 1 N–H and O–H groups in total. The fourth-order valence-corrected chi connectivity index (χ4v) is 3.25. The van der Waals surface area contributed by atoms with Crippen LogP contribution in [-0.4, -0.2) is 67.9 Å². The SMILES string of the molecule is CC(=O)NC(C(=O)N1CCCN(S(C)(=O)=O)CC1)C(C)C. The van der Waals surface area contributed by atoms with Gasteiger partial charge in [0.1, 0.15) is 6.04 Å². The van der Waals surface area contributed by atoms with Gasteiger partial charge in [-0.05, 0) is 12.3 Å². The predicted molar refractivity (Wildman–Crippen MR) is 80.1 cm³/mol. The van der Waals surface area contributed by atoms with Gasteiger partial charge in [0, 0.05) is 33.1 Å². The van der Waals surface area contributed by atoms with Gasteiger partial charge in [-0.1, -0.05) is 13.8 Å². The molecule has 0 spiro atoms. The van der Waals surface area contributed by atoms with Gasteiger partial charge in [-0.3, -0.25) is 9.59 Å². The second-order valence-electron chi connectivity index (χ2n) is 5.76. The fraction of sp³-hybridized carbons (Fsp3) is 0.846. The molecule has 1 saturated heterocycles. The molecule has 1 unspecified atom stereocenters. The number of nitrogens with one attached hydrogen (secondary N) is 1. The number of nitrogens with zero attached hydrogens (tertiary/aromatic N) is 2. The van der Waals surface area contributed by atoms with E-state index >= 15 is 0 Å². The summed E-state index contributed by atoms with van der Waals surface area (Å²) < 4.78 is 24.5. The van der Waals surface area contributed by atoms with E-state index in [-0.39, 0.29) is 17.7 Å². The molecule has 0 aromatic heterocycles. The Morgan fingerprint density at radius 3 is 2.19 bits per heavy atom. The van der Waals surface area contributed by atoms with Crippen molar-refractivity contribution in [3.8, 4) is 0 Å². The molecule has 1 heterocycles. The Morgan fingerprint density at radius 1 is 1.10 bits per heavy atom. The van der Waals surface area contributed by atoms with Crippen LogP contribution in [0.15, 0.2) is 0 Å². The molecule has 0 bridgehead atoms. The van der Waals surface area contributed by atoms with E-state index in [0.717, 1.165) is 0 Å². The molecule has 7 nitrogen and oxygen atoms in total. The average molecular weight is 319 g/mol. The predicted octanol–water partition coefficient (Wildman–Crippen LogP) is -0.359. The smallest absolute Gasteiger partial charge is 0.245 e. The molecule has 0 radical (unpaired) electrons. The van der Waals surface area contributed by atoms with E-state index in [1.165, 1.54) is 17.5 Å². The van der Waals surface area contributed by atoms with Crippen molar-refractivity contribution in [2.24, 2.45) is 5.92 Å². The molecular weight excluding hydrogens is 294 g/mol. The van der Waals surface area contributed by atoms with Crippen LogP contribution in [-0.2, 0) is 19.6 Å². The second-order valence-corrected chi connectivity index (χ2v) is 7.75. The van der Waals surface area contributed by atoms with Crippen LogP contribution in [0.2, 0.25) is 0 Å². The lowest BCUT2D eigenvalue weighted by Gasteiger charge is -2.28. The lowest BCUT2D eigenvalue weighted by Crippen LogP contribution is -2.51. The minimum atomic E-state index is -3.23. The Kier molecular flexibility index (Phi) is 6.15. The molecule has 8 heteroatoms. The molecule has 1 aliphatic heterocycles. The van der Waals surface area contributed by atoms with Crippen molar-refractivity contribution in [3.05, 3.63) is 0 Å². The standard InChI is InChI=1S/C13H25N3O4S/c1-10(2)12(14-11(3)17)13(18)15-6-5-7-16(9-8-15)21(4,19)20/h10,12H,5-9H2,1-4H3,(H,14,17). The minimum Gasteiger partial charge on any atom is -0.344 e. The maximum Gasteiger partial charge on any atom is 0.245 e. The van der Waals surface area contributed by atoms with Crippen LogP contribution in [0.3, 0.4) is 0 Å². The molecule has 2 amide bonds. The maximum atomic E-state index is 12.5. The van der Waals surface area contributed by atoms with Crippen LogP contribution in [0.25, 0.3) is 0 Å². The highest BCUT2D eigenvalue weighted by Gasteiger charge is 2.30. The lowest BCUT2D eigenvalue weighted by atomic mass is 10.0. The second kappa shape index (κ2) is 7.22. The first-order valence-electron chi connectivity index (χ1n) is 7.14. The van der Waals surface area contributed by atoms with Crippen LogP contribution in [0.5, 0.6) is 0 Å². The quantitative estimate of drug-likeness (QED) is 0.767. The Bertz CT molecular complexity index is 490. The summed E-state index contributed by atoms with van der Waals surface area (Å²) in [6.45, 7) is 6.72. The van der Waals surface area contributed by atoms with Crippen LogP contribution in [0, 0.1) is 5.92 Å². The van der Waals surface area contributed by atoms with Gasteiger partial charge in [0.15, 0.2) is 0 Å². The summed E-state index contributed by atoms with van der Waals surface area (Å²) >= 11 is 0. The van der Waals surface area contributed by atoms with Crippen molar-refractivity contribution >= 4 is 21.8 Å². The Balaban J connectivity index is 2.76. The Morgan fingerprint density at radius 2 is 1.71 bits per heavy atom. The summed E-state index contributed by atoms with van der Waals surface area (Å²) in [5.41, 5.74) is 0. The van der Waals surface area contributed by atoms with Gasteiger partial charge in [0.25, 0.3) is 0 Å². The third-order valence-corrected chi connectivity index (χ3v) is 4.83. The van der Waals surface area contributed by atoms with Crippen LogP contribution in [0.4, 0.5) is 0 Å². The van der Waals surface area contributed by atoms with Crippen LogP contribution in [0.1, 0.15) is 27.2 Å². The minimum absolute atomic E-state index is 0.0179. The van der Waals surface area contributed by atoms with Gasteiger partial charge in [0.05, 0.1) is 6.26 Å². The molecule has 122 valence electrons. The third kappa shape index (κ3) is 5.28. The normalized spacial score (nSPS) is 19.2. The van der Waals surface area contributed by atoms with Gasteiger partial charge in [-0.15, -0.1) is 0 Å². The summed E-state index contributed by atoms with van der Waals surface area (Å²) in [4.78, 5) is 25.4. The highest BCUT2D eigenvalue weighted by molar-refractivity contribution is 7.88. The summed E-state index contributed by atoms with van der Waals surface area (Å²) in [5, 5.41) is 2.68. The fourth-order valence-electron chi connectivity index (χ4n) is 2.38. The molecule has 0 saturated carbocycles. The zero-order valence-electron chi connectivity index (χ0n) is 13.1. The van der Waals surface area contributed by atoms with Crippen molar-refractivity contribution in [1.29, 1.82) is 0 Å². The number of carbonyl (C=O) groups excluding carboxylic acids is 2. The molecule has 1 atom stereocenters. The highest BCUT2D eigenvalue weighted by atomic mass is 32.2. The zero-order valence-corrected chi connectivity index (χ0v) is 13.9. The number of hydrogen-bond acceptors (Lipinski definition) is 4. The van der Waals surface area contributed by atoms with Gasteiger partial charge in [-0.25, -0.2) is 12.7 Å². The van der Waals surface area contributed by atoms with E-state index in [1.807, 2.05) is 13.8 Å². The van der Waals surface area contributed by atoms with E-state index in [4.69, 9.17) is 0 Å². The highest BCUT2D eigenvalue weighted by Crippen LogP contribution is 2.11. The van der Waals surface area contributed by atoms with Crippen molar-refractivity contribution in [2.75, 3.05) is 32.4 Å². The van der Waals surface area contributed by atoms with E-state index in [1.54, 1.807) is 4.90 Å². The van der Waals surface area contributed by atoms with Gasteiger partial charge in [0.2, 0.25) is 21.8 Å². The van der Waals surface area contributed by atoms with E-state index in [9.17, 15) is 18.0 Å². The molecule has 0 aromatic carbocycles. The van der Waals surface area contributed by atoms with Crippen molar-refractivity contribution in [1.82, 2.24) is 14.5 Å². The molecule has 1 aliphatic rings. The van der Waals surface area contributed by atoms with Crippen molar-refractivity contribution < 1.29 is 18.0 Å². The molecule has 0 aromatic rings. The first-order valence-corrected chi connectivity index (χ1v) is 8.98. The summed E-state index contributed by atoms with van der Waals surface area (Å²) in [6.07, 6.45) is 1.78. The number of hydrogen-bond donors (Lipinski definition) is 1. The van der Waals surface area contributed by atoms with Crippen molar-refractivity contribution in [2.45, 2.75) is 33.2 Å². The first kappa shape index (κ1) is 17.9. The number of rotatable bonds is 4. The molecule has 1 rings (SSSR count). The topological polar surface area (TPSA) is 86.8 Å². The van der Waals surface area contributed by atoms with E-state index in [0.29, 0.717) is 32.6 Å². The van der Waals surface area contributed by atoms with Crippen LogP contribution >= 0.6 is 0 Å². The summed E-state index contributed by atoms with van der Waals surface area (Å²) in [5.74, 6) is -0.402. The van der Waals surface area contributed by atoms with Gasteiger partial charge >= 0.3 is 0 Å². The van der Waals surface area contributed by atoms with Gasteiger partial charge in [-0.2, -0.15) is 0 Å². The molecule has 21 heavy (non-hydrogen) atoms. The number of carbonyl (C=O) groups is 2.